The first-order chi connectivity index (χ1) is 14.6. The molecule has 3 aliphatic heterocycles. The summed E-state index contributed by atoms with van der Waals surface area (Å²) in [4.78, 5) is 2.44. The molecule has 3 nitrogen and oxygen atoms in total. The first-order valence-electron chi connectivity index (χ1n) is 10.5. The quantitative estimate of drug-likeness (QED) is 0.326. The van der Waals surface area contributed by atoms with E-state index in [-0.39, 0.29) is 6.98 Å². The van der Waals surface area contributed by atoms with E-state index in [1.54, 1.807) is 0 Å². The largest absolute Gasteiger partial charge is 0.640 e. The van der Waals surface area contributed by atoms with Crippen molar-refractivity contribution in [2.75, 3.05) is 11.9 Å². The summed E-state index contributed by atoms with van der Waals surface area (Å²) in [7, 11) is 2.23. The van der Waals surface area contributed by atoms with E-state index in [1.165, 1.54) is 56.4 Å². The van der Waals surface area contributed by atoms with Crippen molar-refractivity contribution in [2.45, 2.75) is 20.3 Å². The SMILES string of the molecule is C=[N+]1[CH-][C-]2c3ccccc3Cc3cccc(C)c3B3N(C)c4cccc(C)c4C1=[N+]32. The van der Waals surface area contributed by atoms with Gasteiger partial charge in [0.25, 0.3) is 0 Å². The number of nitrogens with zero attached hydrogens (tertiary/aromatic N) is 3. The summed E-state index contributed by atoms with van der Waals surface area (Å²) in [5, 5.41) is 0. The molecule has 0 aliphatic carbocycles. The zero-order chi connectivity index (χ0) is 20.6. The van der Waals surface area contributed by atoms with Crippen molar-refractivity contribution in [2.24, 2.45) is 0 Å². The van der Waals surface area contributed by atoms with Gasteiger partial charge in [-0.2, -0.15) is 0 Å². The molecule has 0 bridgehead atoms. The lowest BCUT2D eigenvalue weighted by molar-refractivity contribution is -0.386. The number of hydrogen-bond donors (Lipinski definition) is 0. The van der Waals surface area contributed by atoms with Crippen LogP contribution in [0.4, 0.5) is 5.69 Å². The number of hydrogen-bond acceptors (Lipinski definition) is 1. The molecule has 3 heterocycles. The molecule has 3 aromatic carbocycles. The van der Waals surface area contributed by atoms with Gasteiger partial charge in [0, 0.05) is 24.9 Å². The van der Waals surface area contributed by atoms with Crippen LogP contribution in [0.25, 0.3) is 0 Å². The normalized spacial score (nSPS) is 16.4. The standard InChI is InChI=1S/C26H24BN3/c1-17-9-8-14-22-24(17)26-28(3)16-23-21-13-6-5-11-19(21)15-20-12-7-10-18(2)25(20)27(29(22)4)30(23)26/h5-14,16H,3,15H2,1-2,4H3. The molecular formula is C26H24BN3. The van der Waals surface area contributed by atoms with Crippen molar-refractivity contribution in [1.29, 1.82) is 0 Å². The fourth-order valence-corrected chi connectivity index (χ4v) is 5.49. The van der Waals surface area contributed by atoms with Crippen molar-refractivity contribution < 1.29 is 9.06 Å². The topological polar surface area (TPSA) is 9.26 Å². The van der Waals surface area contributed by atoms with Gasteiger partial charge in [-0.25, -0.2) is 0 Å². The number of fused-ring (bicyclic) bond motifs is 6. The van der Waals surface area contributed by atoms with E-state index in [0.717, 1.165) is 6.42 Å². The molecule has 0 radical (unpaired) electrons. The van der Waals surface area contributed by atoms with Crippen LogP contribution in [-0.2, 0) is 6.42 Å². The van der Waals surface area contributed by atoms with Crippen LogP contribution < -0.4 is 10.3 Å². The molecule has 0 saturated carbocycles. The second-order valence-electron chi connectivity index (χ2n) is 8.61. The van der Waals surface area contributed by atoms with E-state index in [4.69, 9.17) is 0 Å². The third kappa shape index (κ3) is 2.16. The van der Waals surface area contributed by atoms with E-state index < -0.39 is 0 Å². The Kier molecular flexibility index (Phi) is 3.52. The molecule has 0 aromatic heterocycles. The molecule has 0 atom stereocenters. The Morgan fingerprint density at radius 2 is 1.70 bits per heavy atom. The summed E-state index contributed by atoms with van der Waals surface area (Å²) in [5.41, 5.74) is 10.6. The molecular weight excluding hydrogens is 365 g/mol. The van der Waals surface area contributed by atoms with Crippen LogP contribution in [-0.4, -0.2) is 35.6 Å². The third-order valence-electron chi connectivity index (χ3n) is 6.85. The van der Waals surface area contributed by atoms with Gasteiger partial charge in [-0.1, -0.05) is 42.0 Å². The van der Waals surface area contributed by atoms with Gasteiger partial charge in [0.1, 0.15) is 12.6 Å². The Balaban J connectivity index is 1.77. The molecule has 3 aliphatic rings. The lowest BCUT2D eigenvalue weighted by Gasteiger charge is -2.35. The van der Waals surface area contributed by atoms with Crippen LogP contribution in [0.3, 0.4) is 0 Å². The Morgan fingerprint density at radius 1 is 0.967 bits per heavy atom. The van der Waals surface area contributed by atoms with Crippen molar-refractivity contribution in [1.82, 2.24) is 0 Å². The second kappa shape index (κ2) is 6.05. The lowest BCUT2D eigenvalue weighted by atomic mass is 9.58. The number of anilines is 1. The molecule has 146 valence electrons. The van der Waals surface area contributed by atoms with E-state index in [1.807, 2.05) is 0 Å². The molecule has 0 N–H and O–H groups in total. The summed E-state index contributed by atoms with van der Waals surface area (Å²) in [6.07, 6.45) is 0.940. The first-order valence-corrected chi connectivity index (χ1v) is 10.5. The smallest absolute Gasteiger partial charge is 0.350 e. The summed E-state index contributed by atoms with van der Waals surface area (Å²) < 4.78 is 4.58. The number of aryl methyl sites for hydroxylation is 2. The number of rotatable bonds is 0. The van der Waals surface area contributed by atoms with Crippen molar-refractivity contribution in [3.05, 3.63) is 107 Å². The van der Waals surface area contributed by atoms with Crippen molar-refractivity contribution in [3.8, 4) is 0 Å². The zero-order valence-corrected chi connectivity index (χ0v) is 17.7. The van der Waals surface area contributed by atoms with E-state index in [2.05, 4.69) is 109 Å². The van der Waals surface area contributed by atoms with Gasteiger partial charge in [0.2, 0.25) is 0 Å². The van der Waals surface area contributed by atoms with Crippen LogP contribution in [0.15, 0.2) is 60.7 Å². The Bertz CT molecular complexity index is 1270. The highest BCUT2D eigenvalue weighted by Gasteiger charge is 2.55. The monoisotopic (exact) mass is 389 g/mol. The average molecular weight is 389 g/mol. The maximum atomic E-state index is 4.42. The Hall–Kier alpha value is -3.40. The highest BCUT2D eigenvalue weighted by Crippen LogP contribution is 2.39. The van der Waals surface area contributed by atoms with Crippen LogP contribution in [0, 0.1) is 26.4 Å². The summed E-state index contributed by atoms with van der Waals surface area (Å²) in [6.45, 7) is 11.2. The number of benzene rings is 3. The fourth-order valence-electron chi connectivity index (χ4n) is 5.49. The minimum absolute atomic E-state index is 0.0943. The molecule has 30 heavy (non-hydrogen) atoms. The van der Waals surface area contributed by atoms with Crippen LogP contribution >= 0.6 is 0 Å². The molecule has 0 unspecified atom stereocenters. The maximum Gasteiger partial charge on any atom is 0.640 e. The van der Waals surface area contributed by atoms with Gasteiger partial charge >= 0.3 is 12.8 Å². The third-order valence-corrected chi connectivity index (χ3v) is 6.85. The molecule has 4 heteroatoms. The summed E-state index contributed by atoms with van der Waals surface area (Å²) >= 11 is 0. The fraction of sp³-hybridized carbons (Fsp3) is 0.154. The maximum absolute atomic E-state index is 4.42. The van der Waals surface area contributed by atoms with Crippen molar-refractivity contribution >= 4 is 30.7 Å². The van der Waals surface area contributed by atoms with Gasteiger partial charge in [-0.15, -0.1) is 23.8 Å². The lowest BCUT2D eigenvalue weighted by Crippen LogP contribution is -2.61. The summed E-state index contributed by atoms with van der Waals surface area (Å²) in [5.74, 6) is 1.17. The van der Waals surface area contributed by atoms with E-state index in [0.29, 0.717) is 0 Å². The van der Waals surface area contributed by atoms with Gasteiger partial charge in [-0.3, -0.25) is 9.06 Å². The first kappa shape index (κ1) is 17.5. The molecule has 3 aromatic rings. The van der Waals surface area contributed by atoms with Gasteiger partial charge < -0.3 is 4.81 Å². The molecule has 0 spiro atoms. The van der Waals surface area contributed by atoms with Crippen LogP contribution in [0.1, 0.15) is 33.4 Å². The van der Waals surface area contributed by atoms with Gasteiger partial charge in [0.15, 0.2) is 0 Å². The van der Waals surface area contributed by atoms with Crippen LogP contribution in [0.2, 0.25) is 0 Å². The van der Waals surface area contributed by atoms with Gasteiger partial charge in [-0.05, 0) is 43.0 Å². The minimum Gasteiger partial charge on any atom is -0.350 e. The van der Waals surface area contributed by atoms with E-state index in [9.17, 15) is 0 Å². The molecule has 0 amide bonds. The van der Waals surface area contributed by atoms with Crippen molar-refractivity contribution in [3.63, 3.8) is 0 Å². The molecule has 0 saturated heterocycles. The average Bonchev–Trinajstić information content (AvgIpc) is 3.06. The second-order valence-corrected chi connectivity index (χ2v) is 8.61. The highest BCUT2D eigenvalue weighted by molar-refractivity contribution is 6.72. The summed E-state index contributed by atoms with van der Waals surface area (Å²) in [6, 6.07) is 23.4. The van der Waals surface area contributed by atoms with Crippen LogP contribution in [0.5, 0.6) is 0 Å². The highest BCUT2D eigenvalue weighted by atomic mass is 15.3. The van der Waals surface area contributed by atoms with E-state index >= 15 is 0 Å². The molecule has 0 fully saturated rings. The predicted molar refractivity (Wildman–Crippen MR) is 124 cm³/mol. The predicted octanol–water partition coefficient (Wildman–Crippen LogP) is 3.28. The molecule has 6 rings (SSSR count). The zero-order valence-electron chi connectivity index (χ0n) is 17.7. The van der Waals surface area contributed by atoms with Gasteiger partial charge in [0.05, 0.1) is 5.56 Å². The minimum atomic E-state index is 0.0943. The Morgan fingerprint density at radius 3 is 2.57 bits per heavy atom. The number of amidine groups is 1. The Labute approximate surface area is 178 Å².